The van der Waals surface area contributed by atoms with Crippen LogP contribution in [0.5, 0.6) is 0 Å². The first-order chi connectivity index (χ1) is 11.3. The fraction of sp³-hybridized carbons (Fsp3) is 0.0952. The van der Waals surface area contributed by atoms with E-state index in [9.17, 15) is 4.79 Å². The molecule has 0 aromatic heterocycles. The first-order valence-electron chi connectivity index (χ1n) is 7.65. The lowest BCUT2D eigenvalue weighted by Crippen LogP contribution is -2.13. The molecule has 0 bridgehead atoms. The highest BCUT2D eigenvalue weighted by Gasteiger charge is 2.19. The SMILES string of the molecule is C=C/C=C(\C(=C)C=O)P(c1ccccc1)c1ccccc1.CC. The van der Waals surface area contributed by atoms with Gasteiger partial charge in [0, 0.05) is 5.57 Å². The Hall–Kier alpha value is -2.24. The summed E-state index contributed by atoms with van der Waals surface area (Å²) in [7, 11) is -0.806. The molecule has 1 nitrogen and oxygen atoms in total. The molecule has 0 heterocycles. The van der Waals surface area contributed by atoms with E-state index < -0.39 is 7.92 Å². The van der Waals surface area contributed by atoms with Crippen molar-refractivity contribution in [2.45, 2.75) is 13.8 Å². The summed E-state index contributed by atoms with van der Waals surface area (Å²) in [6.07, 6.45) is 4.42. The van der Waals surface area contributed by atoms with E-state index in [0.717, 1.165) is 11.6 Å². The van der Waals surface area contributed by atoms with Crippen molar-refractivity contribution in [3.8, 4) is 0 Å². The van der Waals surface area contributed by atoms with Gasteiger partial charge >= 0.3 is 0 Å². The number of carbonyl (C=O) groups excluding carboxylic acids is 1. The number of benzene rings is 2. The van der Waals surface area contributed by atoms with Gasteiger partial charge in [0.15, 0.2) is 0 Å². The monoisotopic (exact) mass is 322 g/mol. The highest BCUT2D eigenvalue weighted by Crippen LogP contribution is 2.45. The number of allylic oxidation sites excluding steroid dienone is 4. The van der Waals surface area contributed by atoms with Crippen molar-refractivity contribution in [1.29, 1.82) is 0 Å². The molecular weight excluding hydrogens is 299 g/mol. The van der Waals surface area contributed by atoms with Crippen LogP contribution in [0.3, 0.4) is 0 Å². The molecule has 0 aliphatic heterocycles. The third-order valence-electron chi connectivity index (χ3n) is 3.02. The standard InChI is InChI=1S/C19H17OP.C2H6/c1-3-10-19(16(2)15-20)21(17-11-6-4-7-12-17)18-13-8-5-9-14-18;1-2/h3-15H,1-2H2;1-2H3/b19-10+;. The van der Waals surface area contributed by atoms with Crippen molar-refractivity contribution in [2.24, 2.45) is 0 Å². The van der Waals surface area contributed by atoms with Gasteiger partial charge < -0.3 is 0 Å². The van der Waals surface area contributed by atoms with Crippen LogP contribution in [0, 0.1) is 0 Å². The van der Waals surface area contributed by atoms with Gasteiger partial charge in [-0.25, -0.2) is 0 Å². The molecule has 0 spiro atoms. The molecule has 0 saturated heterocycles. The summed E-state index contributed by atoms with van der Waals surface area (Å²) < 4.78 is 0. The first kappa shape index (κ1) is 18.8. The molecule has 0 amide bonds. The van der Waals surface area contributed by atoms with Crippen molar-refractivity contribution >= 4 is 24.8 Å². The van der Waals surface area contributed by atoms with Gasteiger partial charge in [-0.3, -0.25) is 4.79 Å². The Morgan fingerprint density at radius 2 is 1.35 bits per heavy atom. The summed E-state index contributed by atoms with van der Waals surface area (Å²) in [6.45, 7) is 11.7. The van der Waals surface area contributed by atoms with E-state index in [-0.39, 0.29) is 0 Å². The lowest BCUT2D eigenvalue weighted by atomic mass is 10.3. The Morgan fingerprint density at radius 1 is 0.913 bits per heavy atom. The van der Waals surface area contributed by atoms with Gasteiger partial charge in [0.25, 0.3) is 0 Å². The lowest BCUT2D eigenvalue weighted by molar-refractivity contribution is -0.104. The molecule has 2 aromatic carbocycles. The molecule has 118 valence electrons. The molecule has 2 rings (SSSR count). The molecule has 0 N–H and O–H groups in total. The van der Waals surface area contributed by atoms with Crippen molar-refractivity contribution in [3.63, 3.8) is 0 Å². The zero-order chi connectivity index (χ0) is 17.1. The van der Waals surface area contributed by atoms with Crippen LogP contribution < -0.4 is 10.6 Å². The van der Waals surface area contributed by atoms with Crippen LogP contribution in [0.2, 0.25) is 0 Å². The number of aldehydes is 1. The summed E-state index contributed by atoms with van der Waals surface area (Å²) in [5.41, 5.74) is 0.508. The quantitative estimate of drug-likeness (QED) is 0.317. The van der Waals surface area contributed by atoms with Crippen LogP contribution >= 0.6 is 7.92 Å². The van der Waals surface area contributed by atoms with Crippen LogP contribution in [-0.4, -0.2) is 6.29 Å². The van der Waals surface area contributed by atoms with E-state index in [2.05, 4.69) is 37.4 Å². The maximum absolute atomic E-state index is 11.2. The van der Waals surface area contributed by atoms with E-state index in [1.54, 1.807) is 6.08 Å². The van der Waals surface area contributed by atoms with Crippen LogP contribution in [0.15, 0.2) is 96.9 Å². The first-order valence-corrected chi connectivity index (χ1v) is 8.99. The second kappa shape index (κ2) is 10.5. The topological polar surface area (TPSA) is 17.1 Å². The molecular formula is C21H23OP. The summed E-state index contributed by atoms with van der Waals surface area (Å²) in [4.78, 5) is 11.2. The Bertz CT molecular complexity index is 617. The van der Waals surface area contributed by atoms with Crippen LogP contribution in [0.25, 0.3) is 0 Å². The van der Waals surface area contributed by atoms with Crippen molar-refractivity contribution in [1.82, 2.24) is 0 Å². The van der Waals surface area contributed by atoms with E-state index in [0.29, 0.717) is 5.57 Å². The van der Waals surface area contributed by atoms with Crippen LogP contribution in [0.1, 0.15) is 13.8 Å². The second-order valence-electron chi connectivity index (χ2n) is 4.44. The van der Waals surface area contributed by atoms with Crippen molar-refractivity contribution in [2.75, 3.05) is 0 Å². The normalized spacial score (nSPS) is 10.5. The Labute approximate surface area is 140 Å². The summed E-state index contributed by atoms with van der Waals surface area (Å²) in [5, 5.41) is 3.32. The minimum atomic E-state index is -0.806. The van der Waals surface area contributed by atoms with Gasteiger partial charge in [0.1, 0.15) is 6.29 Å². The summed E-state index contributed by atoms with van der Waals surface area (Å²) in [5.74, 6) is 0. The molecule has 0 saturated carbocycles. The van der Waals surface area contributed by atoms with E-state index in [1.165, 1.54) is 10.6 Å². The van der Waals surface area contributed by atoms with Gasteiger partial charge in [-0.2, -0.15) is 0 Å². The predicted octanol–water partition coefficient (Wildman–Crippen LogP) is 4.97. The van der Waals surface area contributed by atoms with Crippen molar-refractivity contribution in [3.05, 3.63) is 96.9 Å². The number of rotatable bonds is 6. The maximum Gasteiger partial charge on any atom is 0.150 e. The molecule has 0 unspecified atom stereocenters. The van der Waals surface area contributed by atoms with Gasteiger partial charge in [0.05, 0.1) is 0 Å². The minimum absolute atomic E-state index is 0.508. The third-order valence-corrected chi connectivity index (χ3v) is 5.56. The Kier molecular flexibility index (Phi) is 8.57. The average molecular weight is 322 g/mol. The zero-order valence-corrected chi connectivity index (χ0v) is 14.7. The molecule has 0 fully saturated rings. The molecule has 0 radical (unpaired) electrons. The molecule has 0 atom stereocenters. The molecule has 2 aromatic rings. The Balaban J connectivity index is 0.00000127. The van der Waals surface area contributed by atoms with Gasteiger partial charge in [-0.15, -0.1) is 0 Å². The third kappa shape index (κ3) is 5.16. The smallest absolute Gasteiger partial charge is 0.150 e. The number of hydrogen-bond donors (Lipinski definition) is 0. The van der Waals surface area contributed by atoms with E-state index in [1.807, 2.05) is 56.3 Å². The lowest BCUT2D eigenvalue weighted by Gasteiger charge is -2.21. The summed E-state index contributed by atoms with van der Waals surface area (Å²) >= 11 is 0. The molecule has 2 heteroatoms. The zero-order valence-electron chi connectivity index (χ0n) is 13.8. The Morgan fingerprint density at radius 3 is 1.70 bits per heavy atom. The summed E-state index contributed by atoms with van der Waals surface area (Å²) in [6, 6.07) is 20.4. The highest BCUT2D eigenvalue weighted by molar-refractivity contribution is 7.77. The van der Waals surface area contributed by atoms with Gasteiger partial charge in [-0.05, 0) is 23.8 Å². The van der Waals surface area contributed by atoms with Gasteiger partial charge in [0.2, 0.25) is 0 Å². The molecule has 23 heavy (non-hydrogen) atoms. The number of carbonyl (C=O) groups is 1. The van der Waals surface area contributed by atoms with Crippen LogP contribution in [0.4, 0.5) is 0 Å². The second-order valence-corrected chi connectivity index (χ2v) is 6.62. The molecule has 0 aliphatic carbocycles. The van der Waals surface area contributed by atoms with Crippen molar-refractivity contribution < 1.29 is 4.79 Å². The average Bonchev–Trinajstić information content (AvgIpc) is 2.64. The fourth-order valence-corrected chi connectivity index (χ4v) is 4.47. The maximum atomic E-state index is 11.2. The fourth-order valence-electron chi connectivity index (χ4n) is 2.08. The highest BCUT2D eigenvalue weighted by atomic mass is 31.1. The largest absolute Gasteiger partial charge is 0.298 e. The van der Waals surface area contributed by atoms with Gasteiger partial charge in [-0.1, -0.05) is 99.8 Å². The van der Waals surface area contributed by atoms with E-state index in [4.69, 9.17) is 0 Å². The minimum Gasteiger partial charge on any atom is -0.298 e. The molecule has 0 aliphatic rings. The predicted molar refractivity (Wildman–Crippen MR) is 104 cm³/mol. The van der Waals surface area contributed by atoms with E-state index >= 15 is 0 Å². The van der Waals surface area contributed by atoms with Crippen LogP contribution in [-0.2, 0) is 4.79 Å². The number of hydrogen-bond acceptors (Lipinski definition) is 1.